The van der Waals surface area contributed by atoms with Crippen molar-refractivity contribution in [1.29, 1.82) is 0 Å². The number of piperidine rings is 1. The molecule has 3 heterocycles. The Kier molecular flexibility index (Phi) is 4.36. The summed E-state index contributed by atoms with van der Waals surface area (Å²) in [4.78, 5) is 18.1. The predicted molar refractivity (Wildman–Crippen MR) is 118 cm³/mol. The molecule has 5 heteroatoms. The van der Waals surface area contributed by atoms with Crippen molar-refractivity contribution < 1.29 is 4.42 Å². The van der Waals surface area contributed by atoms with E-state index in [0.29, 0.717) is 17.4 Å². The van der Waals surface area contributed by atoms with Crippen LogP contribution >= 0.6 is 0 Å². The van der Waals surface area contributed by atoms with Gasteiger partial charge in [-0.25, -0.2) is 4.79 Å². The number of fused-ring (bicyclic) bond motifs is 2. The van der Waals surface area contributed by atoms with Gasteiger partial charge in [-0.05, 0) is 85.6 Å². The smallest absolute Gasteiger partial charge is 0.408 e. The standard InChI is InChI=1S/C24H27N3O2/c1-13(2)21-18-11-16(15-6-8-25-9-7-15)4-5-19(18)26-22(21)17-10-14(3)23-20(12-17)27-24(28)29-23/h4-5,10-13,15,25-26H,6-9H2,1-3H3,(H,27,28). The van der Waals surface area contributed by atoms with Crippen LogP contribution in [-0.4, -0.2) is 23.1 Å². The maximum Gasteiger partial charge on any atom is 0.417 e. The molecule has 0 spiro atoms. The molecule has 29 heavy (non-hydrogen) atoms. The molecule has 0 unspecified atom stereocenters. The Balaban J connectivity index is 1.69. The topological polar surface area (TPSA) is 73.8 Å². The Labute approximate surface area is 169 Å². The minimum Gasteiger partial charge on any atom is -0.408 e. The highest BCUT2D eigenvalue weighted by Crippen LogP contribution is 2.38. The molecule has 1 aliphatic rings. The number of hydrogen-bond acceptors (Lipinski definition) is 3. The minimum atomic E-state index is -0.410. The van der Waals surface area contributed by atoms with Crippen LogP contribution in [0.3, 0.4) is 0 Å². The van der Waals surface area contributed by atoms with Gasteiger partial charge in [-0.15, -0.1) is 0 Å². The second-order valence-corrected chi connectivity index (χ2v) is 8.58. The lowest BCUT2D eigenvalue weighted by atomic mass is 9.88. The number of hydrogen-bond donors (Lipinski definition) is 3. The van der Waals surface area contributed by atoms with Gasteiger partial charge in [0.15, 0.2) is 5.58 Å². The average molecular weight is 389 g/mol. The lowest BCUT2D eigenvalue weighted by Gasteiger charge is -2.23. The zero-order valence-electron chi connectivity index (χ0n) is 17.2. The van der Waals surface area contributed by atoms with Gasteiger partial charge >= 0.3 is 5.76 Å². The summed E-state index contributed by atoms with van der Waals surface area (Å²) in [5.74, 6) is 0.600. The van der Waals surface area contributed by atoms with Crippen LogP contribution in [0.1, 0.15) is 55.2 Å². The van der Waals surface area contributed by atoms with Gasteiger partial charge in [0.2, 0.25) is 0 Å². The van der Waals surface area contributed by atoms with Crippen LogP contribution in [0, 0.1) is 6.92 Å². The lowest BCUT2D eigenvalue weighted by Crippen LogP contribution is -2.26. The van der Waals surface area contributed by atoms with Crippen molar-refractivity contribution in [2.75, 3.05) is 13.1 Å². The highest BCUT2D eigenvalue weighted by molar-refractivity contribution is 5.93. The van der Waals surface area contributed by atoms with Crippen molar-refractivity contribution in [1.82, 2.24) is 15.3 Å². The van der Waals surface area contributed by atoms with Crippen LogP contribution in [0.5, 0.6) is 0 Å². The van der Waals surface area contributed by atoms with E-state index < -0.39 is 5.76 Å². The number of benzene rings is 2. The molecule has 0 aliphatic carbocycles. The first kappa shape index (κ1) is 18.3. The molecule has 0 atom stereocenters. The monoisotopic (exact) mass is 389 g/mol. The lowest BCUT2D eigenvalue weighted by molar-refractivity contribution is 0.460. The molecule has 5 nitrogen and oxygen atoms in total. The summed E-state index contributed by atoms with van der Waals surface area (Å²) in [6, 6.07) is 11.0. The number of aromatic amines is 2. The number of aromatic nitrogens is 2. The Morgan fingerprint density at radius 1 is 1.03 bits per heavy atom. The average Bonchev–Trinajstić information content (AvgIpc) is 3.28. The summed E-state index contributed by atoms with van der Waals surface area (Å²) < 4.78 is 5.28. The van der Waals surface area contributed by atoms with Gasteiger partial charge in [0.05, 0.1) is 11.2 Å². The van der Waals surface area contributed by atoms with Gasteiger partial charge < -0.3 is 14.7 Å². The summed E-state index contributed by atoms with van der Waals surface area (Å²) in [6.07, 6.45) is 2.40. The Morgan fingerprint density at radius 3 is 2.59 bits per heavy atom. The van der Waals surface area contributed by atoms with Gasteiger partial charge in [0, 0.05) is 16.5 Å². The first-order valence-corrected chi connectivity index (χ1v) is 10.5. The molecule has 1 aliphatic heterocycles. The number of rotatable bonds is 3. The molecule has 5 rings (SSSR count). The zero-order valence-corrected chi connectivity index (χ0v) is 17.2. The number of oxazole rings is 1. The summed E-state index contributed by atoms with van der Waals surface area (Å²) in [6.45, 7) is 8.67. The minimum absolute atomic E-state index is 0.376. The van der Waals surface area contributed by atoms with Crippen LogP contribution in [0.25, 0.3) is 33.3 Å². The first-order valence-electron chi connectivity index (χ1n) is 10.5. The van der Waals surface area contributed by atoms with Crippen LogP contribution in [0.4, 0.5) is 0 Å². The van der Waals surface area contributed by atoms with Crippen molar-refractivity contribution >= 4 is 22.0 Å². The van der Waals surface area contributed by atoms with Crippen molar-refractivity contribution in [3.63, 3.8) is 0 Å². The molecule has 0 radical (unpaired) electrons. The fourth-order valence-corrected chi connectivity index (χ4v) is 4.84. The Hall–Kier alpha value is -2.79. The molecule has 2 aromatic carbocycles. The third-order valence-electron chi connectivity index (χ3n) is 6.25. The molecular weight excluding hydrogens is 362 g/mol. The Bertz CT molecular complexity index is 1250. The van der Waals surface area contributed by atoms with E-state index in [2.05, 4.69) is 53.4 Å². The van der Waals surface area contributed by atoms with Crippen molar-refractivity contribution in [3.05, 3.63) is 57.6 Å². The Morgan fingerprint density at radius 2 is 1.83 bits per heavy atom. The van der Waals surface area contributed by atoms with E-state index in [-0.39, 0.29) is 0 Å². The fraction of sp³-hybridized carbons (Fsp3) is 0.375. The maximum absolute atomic E-state index is 11.7. The number of nitrogens with one attached hydrogen (secondary N) is 3. The van der Waals surface area contributed by atoms with E-state index in [0.717, 1.165) is 35.4 Å². The summed E-state index contributed by atoms with van der Waals surface area (Å²) in [7, 11) is 0. The largest absolute Gasteiger partial charge is 0.417 e. The quantitative estimate of drug-likeness (QED) is 0.453. The van der Waals surface area contributed by atoms with E-state index in [1.807, 2.05) is 13.0 Å². The fourth-order valence-electron chi connectivity index (χ4n) is 4.84. The molecule has 4 aromatic rings. The van der Waals surface area contributed by atoms with Gasteiger partial charge in [-0.3, -0.25) is 4.98 Å². The highest BCUT2D eigenvalue weighted by Gasteiger charge is 2.21. The first-order chi connectivity index (χ1) is 14.0. The molecule has 0 saturated carbocycles. The number of aryl methyl sites for hydroxylation is 1. The molecule has 1 saturated heterocycles. The van der Waals surface area contributed by atoms with E-state index in [9.17, 15) is 4.79 Å². The van der Waals surface area contributed by atoms with Crippen LogP contribution in [-0.2, 0) is 0 Å². The van der Waals surface area contributed by atoms with E-state index in [1.165, 1.54) is 34.9 Å². The summed E-state index contributed by atoms with van der Waals surface area (Å²) >= 11 is 0. The summed E-state index contributed by atoms with van der Waals surface area (Å²) in [5, 5.41) is 4.77. The molecule has 1 fully saturated rings. The second kappa shape index (κ2) is 6.92. The number of H-pyrrole nitrogens is 2. The van der Waals surface area contributed by atoms with Crippen molar-refractivity contribution in [3.8, 4) is 11.3 Å². The van der Waals surface area contributed by atoms with Gasteiger partial charge in [0.1, 0.15) is 0 Å². The van der Waals surface area contributed by atoms with Gasteiger partial charge in [-0.2, -0.15) is 0 Å². The SMILES string of the molecule is Cc1cc(-c2[nH]c3ccc(C4CCNCC4)cc3c2C(C)C)cc2[nH]c(=O)oc12. The van der Waals surface area contributed by atoms with Gasteiger partial charge in [-0.1, -0.05) is 19.9 Å². The zero-order chi connectivity index (χ0) is 20.1. The van der Waals surface area contributed by atoms with Crippen molar-refractivity contribution in [2.45, 2.75) is 45.4 Å². The van der Waals surface area contributed by atoms with E-state index >= 15 is 0 Å². The molecule has 2 aromatic heterocycles. The maximum atomic E-state index is 11.7. The van der Waals surface area contributed by atoms with Crippen molar-refractivity contribution in [2.24, 2.45) is 0 Å². The van der Waals surface area contributed by atoms with Crippen LogP contribution in [0.2, 0.25) is 0 Å². The second-order valence-electron chi connectivity index (χ2n) is 8.58. The third-order valence-corrected chi connectivity index (χ3v) is 6.25. The molecular formula is C24H27N3O2. The molecule has 0 amide bonds. The molecule has 0 bridgehead atoms. The van der Waals surface area contributed by atoms with E-state index in [4.69, 9.17) is 4.42 Å². The third kappa shape index (κ3) is 3.10. The molecule has 150 valence electrons. The van der Waals surface area contributed by atoms with E-state index in [1.54, 1.807) is 0 Å². The highest BCUT2D eigenvalue weighted by atomic mass is 16.4. The van der Waals surface area contributed by atoms with Crippen LogP contribution < -0.4 is 11.1 Å². The van der Waals surface area contributed by atoms with Gasteiger partial charge in [0.25, 0.3) is 0 Å². The normalized spacial score (nSPS) is 15.7. The predicted octanol–water partition coefficient (Wildman–Crippen LogP) is 5.17. The molecule has 3 N–H and O–H groups in total. The van der Waals surface area contributed by atoms with Crippen LogP contribution in [0.15, 0.2) is 39.5 Å². The summed E-state index contributed by atoms with van der Waals surface area (Å²) in [5.41, 5.74) is 8.49.